The molecule has 0 spiro atoms. The largest absolute Gasteiger partial charge is 0.493 e. The smallest absolute Gasteiger partial charge is 0.222 e. The van der Waals surface area contributed by atoms with Crippen LogP contribution in [-0.4, -0.2) is 57.7 Å². The van der Waals surface area contributed by atoms with Gasteiger partial charge in [-0.05, 0) is 48.1 Å². The molecule has 1 heterocycles. The zero-order valence-electron chi connectivity index (χ0n) is 19.7. The molecule has 1 amide bonds. The molecule has 33 heavy (non-hydrogen) atoms. The molecule has 0 radical (unpaired) electrons. The molecule has 0 fully saturated rings. The van der Waals surface area contributed by atoms with Crippen LogP contribution in [0.15, 0.2) is 47.5 Å². The summed E-state index contributed by atoms with van der Waals surface area (Å²) < 4.78 is 10.8. The summed E-state index contributed by atoms with van der Waals surface area (Å²) in [6, 6.07) is 14.4. The normalized spacial score (nSPS) is 12.9. The Balaban J connectivity index is 0.00000385. The predicted octanol–water partition coefficient (Wildman–Crippen LogP) is 3.39. The zero-order valence-corrected chi connectivity index (χ0v) is 22.1. The number of hydrogen-bond acceptors (Lipinski definition) is 4. The molecule has 0 aromatic heterocycles. The van der Waals surface area contributed by atoms with Gasteiger partial charge in [-0.3, -0.25) is 9.79 Å². The van der Waals surface area contributed by atoms with Gasteiger partial charge in [-0.15, -0.1) is 24.0 Å². The Hall–Kier alpha value is -2.49. The molecule has 0 atom stereocenters. The van der Waals surface area contributed by atoms with Crippen molar-refractivity contribution >= 4 is 35.8 Å². The van der Waals surface area contributed by atoms with Crippen LogP contribution in [0, 0.1) is 0 Å². The second-order valence-electron chi connectivity index (χ2n) is 7.81. The van der Waals surface area contributed by atoms with Crippen LogP contribution in [0.25, 0.3) is 0 Å². The number of nitrogens with zero attached hydrogens (tertiary/aromatic N) is 2. The molecule has 0 saturated carbocycles. The third kappa shape index (κ3) is 7.80. The average molecular weight is 566 g/mol. The summed E-state index contributed by atoms with van der Waals surface area (Å²) in [5, 5.41) is 6.62. The first-order valence-corrected chi connectivity index (χ1v) is 11.1. The lowest BCUT2D eigenvalue weighted by molar-refractivity contribution is -0.132. The fraction of sp³-hybridized carbons (Fsp3) is 0.440. The van der Waals surface area contributed by atoms with Gasteiger partial charge in [0, 0.05) is 39.6 Å². The first-order chi connectivity index (χ1) is 15.6. The van der Waals surface area contributed by atoms with E-state index in [1.807, 2.05) is 35.2 Å². The highest BCUT2D eigenvalue weighted by atomic mass is 127. The van der Waals surface area contributed by atoms with E-state index >= 15 is 0 Å². The Morgan fingerprint density at radius 2 is 1.70 bits per heavy atom. The van der Waals surface area contributed by atoms with Gasteiger partial charge in [0.05, 0.1) is 14.2 Å². The number of amides is 1. The van der Waals surface area contributed by atoms with E-state index in [1.54, 1.807) is 21.3 Å². The van der Waals surface area contributed by atoms with E-state index in [1.165, 1.54) is 11.1 Å². The minimum atomic E-state index is 0. The third-order valence-corrected chi connectivity index (χ3v) is 5.70. The number of nitrogens with one attached hydrogen (secondary N) is 2. The second-order valence-corrected chi connectivity index (χ2v) is 7.81. The minimum absolute atomic E-state index is 0. The number of methoxy groups -OCH3 is 2. The van der Waals surface area contributed by atoms with Crippen LogP contribution in [0.4, 0.5) is 0 Å². The van der Waals surface area contributed by atoms with Crippen LogP contribution in [0.3, 0.4) is 0 Å². The molecular weight excluding hydrogens is 531 g/mol. The lowest BCUT2D eigenvalue weighted by Crippen LogP contribution is -2.39. The highest BCUT2D eigenvalue weighted by molar-refractivity contribution is 14.0. The fourth-order valence-corrected chi connectivity index (χ4v) is 3.89. The maximum Gasteiger partial charge on any atom is 0.222 e. The SMILES string of the molecule is CN=C(NCCCC(=O)N1CCc2cc(OC)c(OC)cc2C1)NCCc1ccccc1.I. The lowest BCUT2D eigenvalue weighted by atomic mass is 9.98. The van der Waals surface area contributed by atoms with Gasteiger partial charge in [-0.1, -0.05) is 30.3 Å². The summed E-state index contributed by atoms with van der Waals surface area (Å²) >= 11 is 0. The molecule has 8 heteroatoms. The number of hydrogen-bond donors (Lipinski definition) is 2. The maximum atomic E-state index is 12.7. The molecule has 1 aliphatic heterocycles. The number of fused-ring (bicyclic) bond motifs is 1. The maximum absolute atomic E-state index is 12.7. The van der Waals surface area contributed by atoms with E-state index in [0.29, 0.717) is 25.3 Å². The number of benzene rings is 2. The molecule has 7 nitrogen and oxygen atoms in total. The Bertz CT molecular complexity index is 921. The summed E-state index contributed by atoms with van der Waals surface area (Å²) in [5.74, 6) is 2.39. The molecule has 0 aliphatic carbocycles. The van der Waals surface area contributed by atoms with Crippen LogP contribution in [0.1, 0.15) is 29.5 Å². The zero-order chi connectivity index (χ0) is 22.8. The predicted molar refractivity (Wildman–Crippen MR) is 143 cm³/mol. The van der Waals surface area contributed by atoms with Crippen molar-refractivity contribution in [2.45, 2.75) is 32.2 Å². The van der Waals surface area contributed by atoms with E-state index in [-0.39, 0.29) is 29.9 Å². The van der Waals surface area contributed by atoms with Gasteiger partial charge in [0.2, 0.25) is 5.91 Å². The van der Waals surface area contributed by atoms with Crippen molar-refractivity contribution < 1.29 is 14.3 Å². The van der Waals surface area contributed by atoms with Crippen LogP contribution in [0.2, 0.25) is 0 Å². The van der Waals surface area contributed by atoms with Gasteiger partial charge in [0.1, 0.15) is 0 Å². The first-order valence-electron chi connectivity index (χ1n) is 11.1. The van der Waals surface area contributed by atoms with Crippen molar-refractivity contribution in [1.82, 2.24) is 15.5 Å². The van der Waals surface area contributed by atoms with Gasteiger partial charge in [0.25, 0.3) is 0 Å². The third-order valence-electron chi connectivity index (χ3n) is 5.70. The number of ether oxygens (including phenoxy) is 2. The van der Waals surface area contributed by atoms with Crippen LogP contribution in [0.5, 0.6) is 11.5 Å². The number of guanidine groups is 1. The van der Waals surface area contributed by atoms with Crippen molar-refractivity contribution in [2.24, 2.45) is 4.99 Å². The Labute approximate surface area is 214 Å². The number of carbonyl (C=O) groups excluding carboxylic acids is 1. The molecule has 0 saturated heterocycles. The van der Waals surface area contributed by atoms with Gasteiger partial charge >= 0.3 is 0 Å². The van der Waals surface area contributed by atoms with Crippen molar-refractivity contribution in [3.63, 3.8) is 0 Å². The summed E-state index contributed by atoms with van der Waals surface area (Å²) in [6.45, 7) is 2.86. The van der Waals surface area contributed by atoms with Crippen molar-refractivity contribution in [2.75, 3.05) is 40.9 Å². The van der Waals surface area contributed by atoms with E-state index in [2.05, 4.69) is 27.8 Å². The van der Waals surface area contributed by atoms with E-state index in [4.69, 9.17) is 9.47 Å². The first kappa shape index (κ1) is 26.8. The van der Waals surface area contributed by atoms with Gasteiger partial charge < -0.3 is 25.0 Å². The van der Waals surface area contributed by atoms with Crippen molar-refractivity contribution in [1.29, 1.82) is 0 Å². The molecule has 2 aromatic carbocycles. The molecule has 3 rings (SSSR count). The number of rotatable bonds is 9. The Kier molecular flexibility index (Phi) is 11.3. The highest BCUT2D eigenvalue weighted by Crippen LogP contribution is 2.33. The number of halogens is 1. The van der Waals surface area contributed by atoms with E-state index in [0.717, 1.165) is 49.6 Å². The summed E-state index contributed by atoms with van der Waals surface area (Å²) in [6.07, 6.45) is 3.04. The topological polar surface area (TPSA) is 75.2 Å². The molecule has 0 bridgehead atoms. The molecule has 180 valence electrons. The number of carbonyl (C=O) groups is 1. The monoisotopic (exact) mass is 566 g/mol. The molecule has 2 aromatic rings. The quantitative estimate of drug-likeness (QED) is 0.211. The average Bonchev–Trinajstić information content (AvgIpc) is 2.84. The van der Waals surface area contributed by atoms with Crippen molar-refractivity contribution in [3.05, 3.63) is 59.2 Å². The molecule has 2 N–H and O–H groups in total. The lowest BCUT2D eigenvalue weighted by Gasteiger charge is -2.29. The van der Waals surface area contributed by atoms with Gasteiger partial charge in [-0.25, -0.2) is 0 Å². The van der Waals surface area contributed by atoms with Gasteiger partial charge in [-0.2, -0.15) is 0 Å². The standard InChI is InChI=1S/C25H34N4O3.HI/c1-26-25(28-14-11-19-8-5-4-6-9-19)27-13-7-10-24(30)29-15-12-20-16-22(31-2)23(32-3)17-21(20)18-29;/h4-6,8-9,16-17H,7,10-15,18H2,1-3H3,(H2,26,27,28);1H. The van der Waals surface area contributed by atoms with Crippen LogP contribution in [-0.2, 0) is 24.2 Å². The summed E-state index contributed by atoms with van der Waals surface area (Å²) in [5.41, 5.74) is 3.64. The second kappa shape index (κ2) is 13.9. The summed E-state index contributed by atoms with van der Waals surface area (Å²) in [4.78, 5) is 18.9. The molecule has 0 unspecified atom stereocenters. The fourth-order valence-electron chi connectivity index (χ4n) is 3.89. The van der Waals surface area contributed by atoms with Crippen LogP contribution < -0.4 is 20.1 Å². The highest BCUT2D eigenvalue weighted by Gasteiger charge is 2.22. The minimum Gasteiger partial charge on any atom is -0.493 e. The summed E-state index contributed by atoms with van der Waals surface area (Å²) in [7, 11) is 5.04. The van der Waals surface area contributed by atoms with Gasteiger partial charge in [0.15, 0.2) is 17.5 Å². The Morgan fingerprint density at radius 3 is 2.36 bits per heavy atom. The van der Waals surface area contributed by atoms with E-state index in [9.17, 15) is 4.79 Å². The molecular formula is C25H35IN4O3. The Morgan fingerprint density at radius 1 is 1.03 bits per heavy atom. The van der Waals surface area contributed by atoms with E-state index < -0.39 is 0 Å². The molecule has 1 aliphatic rings. The van der Waals surface area contributed by atoms with Crippen LogP contribution >= 0.6 is 24.0 Å². The number of aliphatic imine (C=N–C) groups is 1. The van der Waals surface area contributed by atoms with Crippen molar-refractivity contribution in [3.8, 4) is 11.5 Å².